The molecule has 0 aliphatic carbocycles. The van der Waals surface area contributed by atoms with Crippen molar-refractivity contribution < 1.29 is 9.47 Å². The Morgan fingerprint density at radius 2 is 1.93 bits per heavy atom. The lowest BCUT2D eigenvalue weighted by Crippen LogP contribution is -2.39. The van der Waals surface area contributed by atoms with Crippen molar-refractivity contribution in [1.82, 2.24) is 15.6 Å². The van der Waals surface area contributed by atoms with Crippen LogP contribution in [0.5, 0.6) is 11.5 Å². The molecule has 0 amide bonds. The van der Waals surface area contributed by atoms with E-state index in [1.165, 1.54) is 15.6 Å². The molecule has 1 atom stereocenters. The van der Waals surface area contributed by atoms with Crippen LogP contribution in [0.4, 0.5) is 0 Å². The highest BCUT2D eigenvalue weighted by molar-refractivity contribution is 14.0. The number of thiazole rings is 1. The van der Waals surface area contributed by atoms with Crippen molar-refractivity contribution in [1.29, 1.82) is 0 Å². The van der Waals surface area contributed by atoms with Crippen LogP contribution in [0, 0.1) is 6.92 Å². The lowest BCUT2D eigenvalue weighted by atomic mass is 10.3. The first kappa shape index (κ1) is 25.5. The van der Waals surface area contributed by atoms with Crippen molar-refractivity contribution >= 4 is 41.3 Å². The predicted molar refractivity (Wildman–Crippen MR) is 132 cm³/mol. The number of aromatic nitrogens is 1. The zero-order valence-electron chi connectivity index (χ0n) is 17.9. The molecule has 0 fully saturated rings. The van der Waals surface area contributed by atoms with Crippen LogP contribution in [0.2, 0.25) is 0 Å². The fourth-order valence-electron chi connectivity index (χ4n) is 2.74. The number of aliphatic imine (C=N–C) groups is 1. The Morgan fingerprint density at radius 1 is 1.21 bits per heavy atom. The molecule has 0 aliphatic rings. The van der Waals surface area contributed by atoms with Crippen molar-refractivity contribution in [2.75, 3.05) is 26.7 Å². The first-order valence-electron chi connectivity index (χ1n) is 9.84. The number of ether oxygens (including phenoxy) is 2. The summed E-state index contributed by atoms with van der Waals surface area (Å²) in [5.74, 6) is 2.26. The molecule has 1 heterocycles. The first-order chi connectivity index (χ1) is 13.6. The van der Waals surface area contributed by atoms with Gasteiger partial charge in [-0.1, -0.05) is 19.1 Å². The molecule has 2 aromatic rings. The van der Waals surface area contributed by atoms with Gasteiger partial charge in [0.25, 0.3) is 0 Å². The van der Waals surface area contributed by atoms with Crippen LogP contribution in [-0.2, 0) is 12.8 Å². The monoisotopic (exact) mass is 532 g/mol. The molecule has 1 unspecified atom stereocenters. The Bertz CT molecular complexity index is 767. The Hall–Kier alpha value is -1.55. The van der Waals surface area contributed by atoms with E-state index in [4.69, 9.17) is 14.5 Å². The smallest absolute Gasteiger partial charge is 0.191 e. The number of methoxy groups -OCH3 is 1. The Balaban J connectivity index is 0.00000420. The zero-order valence-corrected chi connectivity index (χ0v) is 21.1. The van der Waals surface area contributed by atoms with Gasteiger partial charge in [-0.2, -0.15) is 0 Å². The van der Waals surface area contributed by atoms with Gasteiger partial charge in [0.15, 0.2) is 17.5 Å². The number of benzene rings is 1. The molecule has 0 radical (unpaired) electrons. The summed E-state index contributed by atoms with van der Waals surface area (Å²) in [5.41, 5.74) is 1.21. The Morgan fingerprint density at radius 3 is 2.55 bits per heavy atom. The van der Waals surface area contributed by atoms with Gasteiger partial charge >= 0.3 is 0 Å². The highest BCUT2D eigenvalue weighted by Crippen LogP contribution is 2.26. The number of rotatable bonds is 10. The largest absolute Gasteiger partial charge is 0.493 e. The number of guanidine groups is 1. The van der Waals surface area contributed by atoms with Crippen molar-refractivity contribution in [2.45, 2.75) is 46.6 Å². The van der Waals surface area contributed by atoms with E-state index in [1.54, 1.807) is 18.4 Å². The second-order valence-corrected chi connectivity index (χ2v) is 7.73. The van der Waals surface area contributed by atoms with Gasteiger partial charge < -0.3 is 20.1 Å². The standard InChI is InChI=1S/C21H32N4O2S.HI/c1-6-17-16(4)28-20(25-17)12-13-23-21(22-7-2)24-14-15(3)27-19-11-9-8-10-18(19)26-5;/h8-11,15H,6-7,12-14H2,1-5H3,(H2,22,23,24);1H. The molecule has 0 spiro atoms. The van der Waals surface area contributed by atoms with E-state index in [2.05, 4.69) is 36.4 Å². The number of hydrogen-bond acceptors (Lipinski definition) is 5. The maximum Gasteiger partial charge on any atom is 0.191 e. The van der Waals surface area contributed by atoms with Gasteiger partial charge in [-0.3, -0.25) is 0 Å². The minimum absolute atomic E-state index is 0. The van der Waals surface area contributed by atoms with Crippen LogP contribution >= 0.6 is 35.3 Å². The minimum atomic E-state index is -0.0690. The van der Waals surface area contributed by atoms with E-state index < -0.39 is 0 Å². The van der Waals surface area contributed by atoms with Crippen LogP contribution in [0.1, 0.15) is 36.3 Å². The number of hydrogen-bond donors (Lipinski definition) is 2. The number of aryl methyl sites for hydroxylation is 2. The molecule has 0 aliphatic heterocycles. The van der Waals surface area contributed by atoms with Gasteiger partial charge in [-0.25, -0.2) is 9.98 Å². The number of nitrogens with one attached hydrogen (secondary N) is 2. The molecule has 1 aromatic carbocycles. The average Bonchev–Trinajstić information content (AvgIpc) is 3.06. The summed E-state index contributed by atoms with van der Waals surface area (Å²) in [5, 5.41) is 7.83. The average molecular weight is 532 g/mol. The minimum Gasteiger partial charge on any atom is -0.493 e. The number of halogens is 1. The summed E-state index contributed by atoms with van der Waals surface area (Å²) in [6, 6.07) is 7.66. The first-order valence-corrected chi connectivity index (χ1v) is 10.7. The van der Waals surface area contributed by atoms with E-state index in [1.807, 2.05) is 31.2 Å². The highest BCUT2D eigenvalue weighted by atomic mass is 127. The maximum atomic E-state index is 5.97. The number of nitrogens with zero attached hydrogens (tertiary/aromatic N) is 2. The van der Waals surface area contributed by atoms with Crippen molar-refractivity contribution in [3.05, 3.63) is 39.8 Å². The van der Waals surface area contributed by atoms with Crippen LogP contribution in [0.15, 0.2) is 29.3 Å². The fraction of sp³-hybridized carbons (Fsp3) is 0.524. The summed E-state index contributed by atoms with van der Waals surface area (Å²) < 4.78 is 11.3. The second kappa shape index (κ2) is 13.6. The maximum absolute atomic E-state index is 5.97. The molecule has 6 nitrogen and oxygen atoms in total. The summed E-state index contributed by atoms with van der Waals surface area (Å²) in [4.78, 5) is 10.7. The predicted octanol–water partition coefficient (Wildman–Crippen LogP) is 4.21. The molecule has 0 bridgehead atoms. The molecule has 2 N–H and O–H groups in total. The summed E-state index contributed by atoms with van der Waals surface area (Å²) >= 11 is 1.78. The van der Waals surface area contributed by atoms with E-state index >= 15 is 0 Å². The van der Waals surface area contributed by atoms with Gasteiger partial charge in [0, 0.05) is 24.4 Å². The van der Waals surface area contributed by atoms with E-state index in [-0.39, 0.29) is 30.1 Å². The van der Waals surface area contributed by atoms with Crippen LogP contribution < -0.4 is 20.1 Å². The third kappa shape index (κ3) is 8.38. The van der Waals surface area contributed by atoms with Crippen LogP contribution in [0.25, 0.3) is 0 Å². The van der Waals surface area contributed by atoms with E-state index in [9.17, 15) is 0 Å². The molecule has 0 saturated carbocycles. The third-order valence-electron chi connectivity index (χ3n) is 4.15. The lowest BCUT2D eigenvalue weighted by molar-refractivity contribution is 0.219. The van der Waals surface area contributed by atoms with Crippen molar-refractivity contribution in [3.63, 3.8) is 0 Å². The van der Waals surface area contributed by atoms with E-state index in [0.717, 1.165) is 43.4 Å². The van der Waals surface area contributed by atoms with Crippen molar-refractivity contribution in [3.8, 4) is 11.5 Å². The molecule has 2 rings (SSSR count). The van der Waals surface area contributed by atoms with Gasteiger partial charge in [0.05, 0.1) is 24.4 Å². The highest BCUT2D eigenvalue weighted by Gasteiger charge is 2.09. The molecular formula is C21H33IN4O2S. The Kier molecular flexibility index (Phi) is 12.0. The normalized spacial score (nSPS) is 12.1. The summed E-state index contributed by atoms with van der Waals surface area (Å²) in [6.07, 6.45) is 1.81. The zero-order chi connectivity index (χ0) is 20.4. The van der Waals surface area contributed by atoms with Crippen molar-refractivity contribution in [2.24, 2.45) is 4.99 Å². The molecule has 29 heavy (non-hydrogen) atoms. The topological polar surface area (TPSA) is 67.8 Å². The molecular weight excluding hydrogens is 499 g/mol. The summed E-state index contributed by atoms with van der Waals surface area (Å²) in [6.45, 7) is 10.5. The van der Waals surface area contributed by atoms with Crippen LogP contribution in [-0.4, -0.2) is 43.8 Å². The molecule has 8 heteroatoms. The second-order valence-electron chi connectivity index (χ2n) is 6.44. The van der Waals surface area contributed by atoms with Gasteiger partial charge in [-0.15, -0.1) is 35.3 Å². The van der Waals surface area contributed by atoms with Crippen LogP contribution in [0.3, 0.4) is 0 Å². The molecule has 0 saturated heterocycles. The SMILES string of the molecule is CCNC(=NCC(C)Oc1ccccc1OC)NCCc1nc(CC)c(C)s1.I. The van der Waals surface area contributed by atoms with Gasteiger partial charge in [0.2, 0.25) is 0 Å². The Labute approximate surface area is 195 Å². The summed E-state index contributed by atoms with van der Waals surface area (Å²) in [7, 11) is 1.64. The molecule has 162 valence electrons. The molecule has 1 aromatic heterocycles. The van der Waals surface area contributed by atoms with Gasteiger partial charge in [0.1, 0.15) is 6.10 Å². The van der Waals surface area contributed by atoms with E-state index in [0.29, 0.717) is 6.54 Å². The van der Waals surface area contributed by atoms with Gasteiger partial charge in [-0.05, 0) is 39.3 Å². The quantitative estimate of drug-likeness (QED) is 0.273. The number of para-hydroxylation sites is 2. The third-order valence-corrected chi connectivity index (χ3v) is 5.22. The lowest BCUT2D eigenvalue weighted by Gasteiger charge is -2.16. The fourth-order valence-corrected chi connectivity index (χ4v) is 3.76.